The van der Waals surface area contributed by atoms with Gasteiger partial charge in [-0.25, -0.2) is 0 Å². The minimum atomic E-state index is -0.109. The Hall–Kier alpha value is -0.510. The van der Waals surface area contributed by atoms with Gasteiger partial charge < -0.3 is 9.47 Å². The predicted octanol–water partition coefficient (Wildman–Crippen LogP) is 4.48. The molecule has 0 radical (unpaired) electrons. The molecular weight excluding hydrogens is 256 g/mol. The molecule has 0 aromatic heterocycles. The molecule has 0 unspecified atom stereocenters. The second-order valence-corrected chi connectivity index (χ2v) is 6.52. The summed E-state index contributed by atoms with van der Waals surface area (Å²) in [5.74, 6) is 0.830. The summed E-state index contributed by atoms with van der Waals surface area (Å²) in [6.07, 6.45) is -0.109. The molecule has 0 saturated heterocycles. The lowest BCUT2D eigenvalue weighted by Gasteiger charge is -2.19. The molecule has 0 aliphatic rings. The average Bonchev–Trinajstić information content (AvgIpc) is 2.36. The molecule has 0 N–H and O–H groups in total. The Balaban J connectivity index is 2.53. The Labute approximate surface area is 121 Å². The second-order valence-electron chi connectivity index (χ2n) is 5.43. The number of rotatable bonds is 7. The summed E-state index contributed by atoms with van der Waals surface area (Å²) in [5, 5.41) is 0. The van der Waals surface area contributed by atoms with Gasteiger partial charge in [0, 0.05) is 23.9 Å². The van der Waals surface area contributed by atoms with Crippen molar-refractivity contribution in [2.75, 3.05) is 19.0 Å². The Morgan fingerprint density at radius 2 is 1.53 bits per heavy atom. The van der Waals surface area contributed by atoms with Crippen LogP contribution in [-0.2, 0) is 14.9 Å². The minimum absolute atomic E-state index is 0.109. The quantitative estimate of drug-likeness (QED) is 0.543. The van der Waals surface area contributed by atoms with Crippen molar-refractivity contribution in [2.24, 2.45) is 0 Å². The second kappa shape index (κ2) is 7.93. The van der Waals surface area contributed by atoms with Gasteiger partial charge in [-0.2, -0.15) is 0 Å². The van der Waals surface area contributed by atoms with Gasteiger partial charge in [0.15, 0.2) is 6.29 Å². The number of benzene rings is 1. The molecule has 0 bridgehead atoms. The first kappa shape index (κ1) is 16.5. The molecule has 0 aliphatic carbocycles. The fraction of sp³-hybridized carbons (Fsp3) is 0.625. The van der Waals surface area contributed by atoms with E-state index in [-0.39, 0.29) is 11.7 Å². The van der Waals surface area contributed by atoms with Crippen LogP contribution in [-0.4, -0.2) is 25.3 Å². The zero-order chi connectivity index (χ0) is 14.3. The Kier molecular flexibility index (Phi) is 6.90. The molecule has 0 aliphatic heterocycles. The van der Waals surface area contributed by atoms with Crippen molar-refractivity contribution in [3.63, 3.8) is 0 Å². The van der Waals surface area contributed by atoms with E-state index in [0.717, 1.165) is 5.75 Å². The fourth-order valence-corrected chi connectivity index (χ4v) is 2.58. The first-order valence-electron chi connectivity index (χ1n) is 6.94. The smallest absolute Gasteiger partial charge is 0.166 e. The maximum absolute atomic E-state index is 5.54. The molecule has 1 aromatic carbocycles. The SMILES string of the molecule is CCOC(CSc1ccc(C(C)(C)C)cc1)OCC. The molecule has 0 spiro atoms. The molecule has 0 heterocycles. The first-order valence-corrected chi connectivity index (χ1v) is 7.92. The Morgan fingerprint density at radius 3 is 1.95 bits per heavy atom. The third kappa shape index (κ3) is 5.98. The van der Waals surface area contributed by atoms with Crippen LogP contribution < -0.4 is 0 Å². The zero-order valence-electron chi connectivity index (χ0n) is 12.7. The lowest BCUT2D eigenvalue weighted by atomic mass is 9.87. The van der Waals surface area contributed by atoms with Gasteiger partial charge in [0.05, 0.1) is 0 Å². The molecule has 2 nitrogen and oxygen atoms in total. The van der Waals surface area contributed by atoms with E-state index < -0.39 is 0 Å². The van der Waals surface area contributed by atoms with E-state index in [1.807, 2.05) is 13.8 Å². The first-order chi connectivity index (χ1) is 8.97. The molecule has 3 heteroatoms. The summed E-state index contributed by atoms with van der Waals surface area (Å²) in [5.41, 5.74) is 1.57. The number of hydrogen-bond donors (Lipinski definition) is 0. The highest BCUT2D eigenvalue weighted by Crippen LogP contribution is 2.26. The van der Waals surface area contributed by atoms with Crippen molar-refractivity contribution in [1.29, 1.82) is 0 Å². The van der Waals surface area contributed by atoms with Crippen LogP contribution in [0, 0.1) is 0 Å². The van der Waals surface area contributed by atoms with Gasteiger partial charge in [0.2, 0.25) is 0 Å². The molecule has 19 heavy (non-hydrogen) atoms. The lowest BCUT2D eigenvalue weighted by molar-refractivity contribution is -0.120. The molecule has 0 saturated carbocycles. The van der Waals surface area contributed by atoms with Crippen molar-refractivity contribution in [3.8, 4) is 0 Å². The lowest BCUT2D eigenvalue weighted by Crippen LogP contribution is -2.19. The summed E-state index contributed by atoms with van der Waals surface area (Å²) >= 11 is 1.78. The van der Waals surface area contributed by atoms with Crippen LogP contribution >= 0.6 is 11.8 Å². The van der Waals surface area contributed by atoms with Gasteiger partial charge in [-0.15, -0.1) is 11.8 Å². The number of hydrogen-bond acceptors (Lipinski definition) is 3. The van der Waals surface area contributed by atoms with Crippen LogP contribution in [0.2, 0.25) is 0 Å². The van der Waals surface area contributed by atoms with Crippen LogP contribution in [0.25, 0.3) is 0 Å². The normalized spacial score (nSPS) is 12.1. The average molecular weight is 282 g/mol. The fourth-order valence-electron chi connectivity index (χ4n) is 1.73. The summed E-state index contributed by atoms with van der Waals surface area (Å²) < 4.78 is 11.1. The highest BCUT2D eigenvalue weighted by Gasteiger charge is 2.13. The van der Waals surface area contributed by atoms with E-state index in [9.17, 15) is 0 Å². The molecule has 1 aromatic rings. The van der Waals surface area contributed by atoms with E-state index in [0.29, 0.717) is 13.2 Å². The van der Waals surface area contributed by atoms with E-state index >= 15 is 0 Å². The van der Waals surface area contributed by atoms with E-state index in [4.69, 9.17) is 9.47 Å². The standard InChI is InChI=1S/C16H26O2S/c1-6-17-15(18-7-2)12-19-14-10-8-13(9-11-14)16(3,4)5/h8-11,15H,6-7,12H2,1-5H3. The molecule has 108 valence electrons. The van der Waals surface area contributed by atoms with Crippen LogP contribution in [0.5, 0.6) is 0 Å². The molecule has 0 amide bonds. The minimum Gasteiger partial charge on any atom is -0.352 e. The van der Waals surface area contributed by atoms with E-state index in [1.54, 1.807) is 11.8 Å². The van der Waals surface area contributed by atoms with Crippen molar-refractivity contribution >= 4 is 11.8 Å². The van der Waals surface area contributed by atoms with Gasteiger partial charge in [0.1, 0.15) is 0 Å². The predicted molar refractivity (Wildman–Crippen MR) is 82.9 cm³/mol. The third-order valence-electron chi connectivity index (χ3n) is 2.81. The maximum atomic E-state index is 5.54. The Bertz CT molecular complexity index is 348. The number of thioether (sulfide) groups is 1. The molecule has 0 fully saturated rings. The highest BCUT2D eigenvalue weighted by molar-refractivity contribution is 7.99. The van der Waals surface area contributed by atoms with Gasteiger partial charge in [-0.1, -0.05) is 32.9 Å². The van der Waals surface area contributed by atoms with Gasteiger partial charge in [-0.3, -0.25) is 0 Å². The summed E-state index contributed by atoms with van der Waals surface area (Å²) in [7, 11) is 0. The summed E-state index contributed by atoms with van der Waals surface area (Å²) in [6, 6.07) is 8.78. The van der Waals surface area contributed by atoms with Crippen LogP contribution in [0.4, 0.5) is 0 Å². The summed E-state index contributed by atoms with van der Waals surface area (Å²) in [6.45, 7) is 12.1. The topological polar surface area (TPSA) is 18.5 Å². The van der Waals surface area contributed by atoms with Crippen molar-refractivity contribution in [3.05, 3.63) is 29.8 Å². The Morgan fingerprint density at radius 1 is 1.00 bits per heavy atom. The molecule has 0 atom stereocenters. The van der Waals surface area contributed by atoms with Gasteiger partial charge in [0.25, 0.3) is 0 Å². The van der Waals surface area contributed by atoms with Crippen LogP contribution in [0.3, 0.4) is 0 Å². The van der Waals surface area contributed by atoms with Crippen LogP contribution in [0.15, 0.2) is 29.2 Å². The third-order valence-corrected chi connectivity index (χ3v) is 3.86. The molecule has 1 rings (SSSR count). The summed E-state index contributed by atoms with van der Waals surface area (Å²) in [4.78, 5) is 1.26. The van der Waals surface area contributed by atoms with Gasteiger partial charge >= 0.3 is 0 Å². The molecular formula is C16H26O2S. The van der Waals surface area contributed by atoms with Crippen molar-refractivity contribution in [2.45, 2.75) is 51.2 Å². The van der Waals surface area contributed by atoms with Gasteiger partial charge in [-0.05, 0) is 37.0 Å². The zero-order valence-corrected chi connectivity index (χ0v) is 13.5. The number of ether oxygens (including phenoxy) is 2. The van der Waals surface area contributed by atoms with E-state index in [2.05, 4.69) is 45.0 Å². The monoisotopic (exact) mass is 282 g/mol. The maximum Gasteiger partial charge on any atom is 0.166 e. The van der Waals surface area contributed by atoms with Crippen LogP contribution in [0.1, 0.15) is 40.2 Å². The van der Waals surface area contributed by atoms with Crippen molar-refractivity contribution < 1.29 is 9.47 Å². The van der Waals surface area contributed by atoms with E-state index in [1.165, 1.54) is 10.5 Å². The largest absolute Gasteiger partial charge is 0.352 e. The van der Waals surface area contributed by atoms with Crippen molar-refractivity contribution in [1.82, 2.24) is 0 Å². The highest BCUT2D eigenvalue weighted by atomic mass is 32.2.